The Hall–Kier alpha value is -1.06. The van der Waals surface area contributed by atoms with Crippen molar-refractivity contribution < 1.29 is 14.6 Å². The van der Waals surface area contributed by atoms with Gasteiger partial charge in [-0.2, -0.15) is 0 Å². The summed E-state index contributed by atoms with van der Waals surface area (Å²) < 4.78 is 11.3. The minimum Gasteiger partial charge on any atom is -0.496 e. The van der Waals surface area contributed by atoms with Crippen LogP contribution in [-0.4, -0.2) is 24.9 Å². The molecule has 1 N–H and O–H groups in total. The summed E-state index contributed by atoms with van der Waals surface area (Å²) in [6.07, 6.45) is 4.61. The molecule has 3 nitrogen and oxygen atoms in total. The van der Waals surface area contributed by atoms with E-state index < -0.39 is 11.7 Å². The highest BCUT2D eigenvalue weighted by Crippen LogP contribution is 2.44. The van der Waals surface area contributed by atoms with Crippen molar-refractivity contribution in [3.8, 4) is 5.75 Å². The molecule has 1 unspecified atom stereocenters. The van der Waals surface area contributed by atoms with Gasteiger partial charge in [-0.3, -0.25) is 0 Å². The molecule has 0 aliphatic heterocycles. The van der Waals surface area contributed by atoms with Gasteiger partial charge in [-0.25, -0.2) is 0 Å². The standard InChI is InChI=1S/C17H26O3/c1-12-8-9-14(15(19-3)13(12)2)16(18)17(20-4)10-6-5-7-11-17/h8-9,16,18H,5-7,10-11H2,1-4H3. The molecule has 1 aromatic carbocycles. The highest BCUT2D eigenvalue weighted by Gasteiger charge is 2.41. The molecule has 0 spiro atoms. The molecular weight excluding hydrogens is 252 g/mol. The number of aryl methyl sites for hydroxylation is 1. The van der Waals surface area contributed by atoms with Crippen LogP contribution in [0.4, 0.5) is 0 Å². The maximum absolute atomic E-state index is 10.9. The van der Waals surface area contributed by atoms with E-state index in [4.69, 9.17) is 9.47 Å². The Morgan fingerprint density at radius 1 is 1.10 bits per heavy atom. The van der Waals surface area contributed by atoms with Gasteiger partial charge in [0.15, 0.2) is 0 Å². The summed E-state index contributed by atoms with van der Waals surface area (Å²) in [7, 11) is 3.38. The molecular formula is C17H26O3. The first-order chi connectivity index (χ1) is 9.55. The van der Waals surface area contributed by atoms with Crippen LogP contribution in [0.5, 0.6) is 5.75 Å². The van der Waals surface area contributed by atoms with E-state index in [2.05, 4.69) is 6.92 Å². The van der Waals surface area contributed by atoms with Gasteiger partial charge in [0.25, 0.3) is 0 Å². The average molecular weight is 278 g/mol. The van der Waals surface area contributed by atoms with Crippen LogP contribution >= 0.6 is 0 Å². The van der Waals surface area contributed by atoms with Crippen molar-refractivity contribution in [1.29, 1.82) is 0 Å². The normalized spacial score (nSPS) is 19.6. The largest absolute Gasteiger partial charge is 0.496 e. The fraction of sp³-hybridized carbons (Fsp3) is 0.647. The lowest BCUT2D eigenvalue weighted by atomic mass is 9.77. The molecule has 1 saturated carbocycles. The Bertz CT molecular complexity index is 462. The third-order valence-corrected chi connectivity index (χ3v) is 4.81. The molecule has 112 valence electrons. The third-order valence-electron chi connectivity index (χ3n) is 4.81. The Balaban J connectivity index is 2.41. The fourth-order valence-corrected chi connectivity index (χ4v) is 3.32. The van der Waals surface area contributed by atoms with Gasteiger partial charge < -0.3 is 14.6 Å². The minimum absolute atomic E-state index is 0.465. The van der Waals surface area contributed by atoms with Gasteiger partial charge in [0, 0.05) is 12.7 Å². The highest BCUT2D eigenvalue weighted by molar-refractivity contribution is 5.47. The predicted molar refractivity (Wildman–Crippen MR) is 80.3 cm³/mol. The van der Waals surface area contributed by atoms with Crippen LogP contribution < -0.4 is 4.74 Å². The molecule has 0 saturated heterocycles. The molecule has 0 amide bonds. The number of hydrogen-bond acceptors (Lipinski definition) is 3. The molecule has 20 heavy (non-hydrogen) atoms. The zero-order valence-electron chi connectivity index (χ0n) is 13.0. The van der Waals surface area contributed by atoms with Crippen molar-refractivity contribution >= 4 is 0 Å². The van der Waals surface area contributed by atoms with Gasteiger partial charge in [-0.1, -0.05) is 31.4 Å². The molecule has 1 aliphatic rings. The molecule has 0 radical (unpaired) electrons. The predicted octanol–water partition coefficient (Wildman–Crippen LogP) is 3.69. The summed E-state index contributed by atoms with van der Waals surface area (Å²) in [6.45, 7) is 4.09. The van der Waals surface area contributed by atoms with Gasteiger partial charge in [0.05, 0.1) is 12.7 Å². The van der Waals surface area contributed by atoms with Gasteiger partial charge in [-0.15, -0.1) is 0 Å². The van der Waals surface area contributed by atoms with E-state index in [9.17, 15) is 5.11 Å². The average Bonchev–Trinajstić information content (AvgIpc) is 2.49. The first-order valence-corrected chi connectivity index (χ1v) is 7.43. The van der Waals surface area contributed by atoms with Crippen molar-refractivity contribution in [2.75, 3.05) is 14.2 Å². The second kappa shape index (κ2) is 6.15. The number of aliphatic hydroxyl groups is 1. The first kappa shape index (κ1) is 15.3. The van der Waals surface area contributed by atoms with Gasteiger partial charge in [0.1, 0.15) is 11.9 Å². The lowest BCUT2D eigenvalue weighted by Crippen LogP contribution is -2.40. The number of hydrogen-bond donors (Lipinski definition) is 1. The maximum atomic E-state index is 10.9. The van der Waals surface area contributed by atoms with E-state index in [1.165, 1.54) is 12.0 Å². The quantitative estimate of drug-likeness (QED) is 0.912. The van der Waals surface area contributed by atoms with E-state index in [-0.39, 0.29) is 0 Å². The first-order valence-electron chi connectivity index (χ1n) is 7.43. The van der Waals surface area contributed by atoms with Crippen LogP contribution in [0.3, 0.4) is 0 Å². The number of methoxy groups -OCH3 is 2. The lowest BCUT2D eigenvalue weighted by Gasteiger charge is -2.40. The molecule has 3 heteroatoms. The number of ether oxygens (including phenoxy) is 2. The second-order valence-electron chi connectivity index (χ2n) is 5.86. The second-order valence-corrected chi connectivity index (χ2v) is 5.86. The summed E-state index contributed by atoms with van der Waals surface area (Å²) in [5.74, 6) is 0.791. The Morgan fingerprint density at radius 2 is 1.75 bits per heavy atom. The summed E-state index contributed by atoms with van der Waals surface area (Å²) in [5, 5.41) is 10.9. The Morgan fingerprint density at radius 3 is 2.30 bits per heavy atom. The monoisotopic (exact) mass is 278 g/mol. The number of rotatable bonds is 4. The van der Waals surface area contributed by atoms with Crippen LogP contribution in [-0.2, 0) is 4.74 Å². The zero-order valence-corrected chi connectivity index (χ0v) is 13.0. The summed E-state index contributed by atoms with van der Waals surface area (Å²) in [6, 6.07) is 4.02. The van der Waals surface area contributed by atoms with E-state index in [0.29, 0.717) is 0 Å². The van der Waals surface area contributed by atoms with Crippen LogP contribution in [0, 0.1) is 13.8 Å². The van der Waals surface area contributed by atoms with Crippen LogP contribution in [0.2, 0.25) is 0 Å². The summed E-state index contributed by atoms with van der Waals surface area (Å²) >= 11 is 0. The zero-order chi connectivity index (χ0) is 14.8. The molecule has 0 heterocycles. The summed E-state index contributed by atoms with van der Waals surface area (Å²) in [4.78, 5) is 0. The topological polar surface area (TPSA) is 38.7 Å². The van der Waals surface area contributed by atoms with Gasteiger partial charge >= 0.3 is 0 Å². The van der Waals surface area contributed by atoms with E-state index in [1.807, 2.05) is 19.1 Å². The van der Waals surface area contributed by atoms with Crippen molar-refractivity contribution in [1.82, 2.24) is 0 Å². The van der Waals surface area contributed by atoms with E-state index in [0.717, 1.165) is 42.6 Å². The number of benzene rings is 1. The van der Waals surface area contributed by atoms with Crippen molar-refractivity contribution in [2.45, 2.75) is 57.7 Å². The Kier molecular flexibility index (Phi) is 4.71. The smallest absolute Gasteiger partial charge is 0.127 e. The molecule has 1 atom stereocenters. The molecule has 2 rings (SSSR count). The minimum atomic E-state index is -0.637. The number of aliphatic hydroxyl groups excluding tert-OH is 1. The maximum Gasteiger partial charge on any atom is 0.127 e. The van der Waals surface area contributed by atoms with Crippen LogP contribution in [0.15, 0.2) is 12.1 Å². The van der Waals surface area contributed by atoms with E-state index >= 15 is 0 Å². The van der Waals surface area contributed by atoms with Crippen molar-refractivity contribution in [3.63, 3.8) is 0 Å². The molecule has 1 fully saturated rings. The van der Waals surface area contributed by atoms with Gasteiger partial charge in [0.2, 0.25) is 0 Å². The third kappa shape index (κ3) is 2.57. The summed E-state index contributed by atoms with van der Waals surface area (Å²) in [5.41, 5.74) is 2.64. The molecule has 0 bridgehead atoms. The Labute approximate surface area is 121 Å². The lowest BCUT2D eigenvalue weighted by molar-refractivity contribution is -0.125. The van der Waals surface area contributed by atoms with Crippen molar-refractivity contribution in [3.05, 3.63) is 28.8 Å². The van der Waals surface area contributed by atoms with Gasteiger partial charge in [-0.05, 0) is 37.8 Å². The fourth-order valence-electron chi connectivity index (χ4n) is 3.32. The highest BCUT2D eigenvalue weighted by atomic mass is 16.5. The SMILES string of the molecule is COc1c(C(O)C2(OC)CCCCC2)ccc(C)c1C. The van der Waals surface area contributed by atoms with Crippen LogP contribution in [0.1, 0.15) is 54.9 Å². The van der Waals surface area contributed by atoms with Crippen LogP contribution in [0.25, 0.3) is 0 Å². The molecule has 1 aliphatic carbocycles. The molecule has 1 aromatic rings. The van der Waals surface area contributed by atoms with Crippen molar-refractivity contribution in [2.24, 2.45) is 0 Å². The molecule has 0 aromatic heterocycles. The van der Waals surface area contributed by atoms with E-state index in [1.54, 1.807) is 14.2 Å².